The van der Waals surface area contributed by atoms with Gasteiger partial charge >= 0.3 is 5.97 Å². The number of carbonyl (C=O) groups is 2. The predicted octanol–water partition coefficient (Wildman–Crippen LogP) is 2.07. The summed E-state index contributed by atoms with van der Waals surface area (Å²) in [4.78, 5) is 28.4. The maximum absolute atomic E-state index is 12.4. The van der Waals surface area contributed by atoms with Crippen LogP contribution in [0.3, 0.4) is 0 Å². The molecule has 1 saturated heterocycles. The van der Waals surface area contributed by atoms with Gasteiger partial charge in [-0.25, -0.2) is 4.79 Å². The fourth-order valence-electron chi connectivity index (χ4n) is 2.65. The third-order valence-electron chi connectivity index (χ3n) is 3.76. The van der Waals surface area contributed by atoms with E-state index in [-0.39, 0.29) is 18.5 Å². The molecule has 1 heterocycles. The molecule has 0 unspecified atom stereocenters. The molecular formula is C15H18N4O3. The van der Waals surface area contributed by atoms with Gasteiger partial charge in [0.2, 0.25) is 5.91 Å². The second kappa shape index (κ2) is 7.47. The van der Waals surface area contributed by atoms with Crippen LogP contribution in [0.5, 0.6) is 0 Å². The first-order valence-corrected chi connectivity index (χ1v) is 7.11. The predicted molar refractivity (Wildman–Crippen MR) is 79.8 cm³/mol. The summed E-state index contributed by atoms with van der Waals surface area (Å²) in [6.45, 7) is 0.261. The monoisotopic (exact) mass is 302 g/mol. The van der Waals surface area contributed by atoms with E-state index >= 15 is 0 Å². The minimum Gasteiger partial charge on any atom is -0.467 e. The highest BCUT2D eigenvalue weighted by atomic mass is 16.5. The molecule has 1 amide bonds. The Bertz CT molecular complexity index is 584. The normalized spacial score (nSPS) is 20.3. The summed E-state index contributed by atoms with van der Waals surface area (Å²) in [6, 6.07) is 8.63. The van der Waals surface area contributed by atoms with Crippen molar-refractivity contribution >= 4 is 11.9 Å². The third kappa shape index (κ3) is 3.77. The van der Waals surface area contributed by atoms with Gasteiger partial charge in [0.15, 0.2) is 0 Å². The van der Waals surface area contributed by atoms with Crippen LogP contribution in [-0.2, 0) is 20.7 Å². The van der Waals surface area contributed by atoms with Gasteiger partial charge in [0, 0.05) is 17.9 Å². The lowest BCUT2D eigenvalue weighted by molar-refractivity contribution is -0.150. The van der Waals surface area contributed by atoms with Gasteiger partial charge in [0.1, 0.15) is 6.04 Å². The van der Waals surface area contributed by atoms with E-state index in [2.05, 4.69) is 10.0 Å². The van der Waals surface area contributed by atoms with Gasteiger partial charge in [0.25, 0.3) is 0 Å². The molecule has 0 spiro atoms. The van der Waals surface area contributed by atoms with Crippen molar-refractivity contribution in [2.24, 2.45) is 5.11 Å². The molecule has 2 atom stereocenters. The van der Waals surface area contributed by atoms with Crippen molar-refractivity contribution in [1.82, 2.24) is 4.90 Å². The van der Waals surface area contributed by atoms with E-state index in [9.17, 15) is 9.59 Å². The molecule has 1 fully saturated rings. The van der Waals surface area contributed by atoms with E-state index in [1.807, 2.05) is 30.3 Å². The number of amides is 1. The number of ether oxygens (including phenoxy) is 1. The topological polar surface area (TPSA) is 95.4 Å². The third-order valence-corrected chi connectivity index (χ3v) is 3.76. The van der Waals surface area contributed by atoms with Crippen LogP contribution in [0.1, 0.15) is 18.4 Å². The summed E-state index contributed by atoms with van der Waals surface area (Å²) in [6.07, 6.45) is 1.23. The van der Waals surface area contributed by atoms with E-state index in [0.29, 0.717) is 19.3 Å². The highest BCUT2D eigenvalue weighted by molar-refractivity contribution is 5.85. The number of hydrogen-bond acceptors (Lipinski definition) is 4. The van der Waals surface area contributed by atoms with Gasteiger partial charge in [-0.2, -0.15) is 0 Å². The largest absolute Gasteiger partial charge is 0.467 e. The minimum absolute atomic E-state index is 0.130. The summed E-state index contributed by atoms with van der Waals surface area (Å²) >= 11 is 0. The zero-order valence-electron chi connectivity index (χ0n) is 12.4. The number of hydrogen-bond donors (Lipinski definition) is 0. The van der Waals surface area contributed by atoms with Crippen molar-refractivity contribution in [3.8, 4) is 0 Å². The summed E-state index contributed by atoms with van der Waals surface area (Å²) in [5, 5.41) is 3.62. The molecule has 1 aliphatic rings. The Morgan fingerprint density at radius 2 is 2.14 bits per heavy atom. The second-order valence-corrected chi connectivity index (χ2v) is 5.17. The number of rotatable bonds is 5. The number of likely N-dealkylation sites (tertiary alicyclic amines) is 1. The van der Waals surface area contributed by atoms with Crippen molar-refractivity contribution in [1.29, 1.82) is 0 Å². The Labute approximate surface area is 128 Å². The highest BCUT2D eigenvalue weighted by Gasteiger charge is 2.39. The number of azide groups is 1. The van der Waals surface area contributed by atoms with Gasteiger partial charge in [-0.15, -0.1) is 0 Å². The van der Waals surface area contributed by atoms with E-state index < -0.39 is 12.0 Å². The summed E-state index contributed by atoms with van der Waals surface area (Å²) in [7, 11) is 1.29. The lowest BCUT2D eigenvalue weighted by Gasteiger charge is -2.22. The van der Waals surface area contributed by atoms with Crippen LogP contribution in [0.4, 0.5) is 0 Å². The average Bonchev–Trinajstić information content (AvgIpc) is 2.97. The molecule has 2 rings (SSSR count). The molecule has 22 heavy (non-hydrogen) atoms. The number of aryl methyl sites for hydroxylation is 1. The molecule has 1 aromatic rings. The zero-order chi connectivity index (χ0) is 15.9. The molecule has 7 nitrogen and oxygen atoms in total. The van der Waals surface area contributed by atoms with E-state index in [1.165, 1.54) is 12.0 Å². The van der Waals surface area contributed by atoms with E-state index in [0.717, 1.165) is 5.56 Å². The molecule has 1 aliphatic heterocycles. The fourth-order valence-corrected chi connectivity index (χ4v) is 2.65. The molecule has 0 bridgehead atoms. The lowest BCUT2D eigenvalue weighted by Crippen LogP contribution is -2.41. The molecule has 0 saturated carbocycles. The molecule has 0 radical (unpaired) electrons. The maximum Gasteiger partial charge on any atom is 0.328 e. The number of nitrogens with zero attached hydrogens (tertiary/aromatic N) is 4. The van der Waals surface area contributed by atoms with Gasteiger partial charge in [-0.05, 0) is 23.9 Å². The Hall–Kier alpha value is -2.53. The van der Waals surface area contributed by atoms with Gasteiger partial charge in [0.05, 0.1) is 13.2 Å². The Morgan fingerprint density at radius 1 is 1.41 bits per heavy atom. The first kappa shape index (κ1) is 15.9. The number of methoxy groups -OCH3 is 1. The van der Waals surface area contributed by atoms with Crippen LogP contribution in [0.15, 0.2) is 35.4 Å². The quantitative estimate of drug-likeness (QED) is 0.360. The SMILES string of the molecule is COC(=O)[C@@H]1C[C@@H](N=[N+]=[N-])CN1C(=O)CCc1ccccc1. The second-order valence-electron chi connectivity index (χ2n) is 5.17. The number of carbonyl (C=O) groups excluding carboxylic acids is 2. The molecule has 7 heteroatoms. The first-order chi connectivity index (χ1) is 10.7. The fraction of sp³-hybridized carbons (Fsp3) is 0.467. The van der Waals surface area contributed by atoms with Gasteiger partial charge in [-0.1, -0.05) is 35.4 Å². The van der Waals surface area contributed by atoms with Crippen LogP contribution in [0.2, 0.25) is 0 Å². The standard InChI is InChI=1S/C15H18N4O3/c1-22-15(21)13-9-12(17-18-16)10-19(13)14(20)8-7-11-5-3-2-4-6-11/h2-6,12-13H,7-10H2,1H3/t12-,13+/m1/s1. The van der Waals surface area contributed by atoms with Crippen LogP contribution < -0.4 is 0 Å². The molecular weight excluding hydrogens is 284 g/mol. The smallest absolute Gasteiger partial charge is 0.328 e. The minimum atomic E-state index is -0.663. The molecule has 0 aromatic heterocycles. The first-order valence-electron chi connectivity index (χ1n) is 7.11. The van der Waals surface area contributed by atoms with Gasteiger partial charge in [-0.3, -0.25) is 4.79 Å². The Morgan fingerprint density at radius 3 is 2.77 bits per heavy atom. The Kier molecular flexibility index (Phi) is 5.38. The average molecular weight is 302 g/mol. The van der Waals surface area contributed by atoms with Crippen LogP contribution in [0.25, 0.3) is 10.4 Å². The summed E-state index contributed by atoms with van der Waals surface area (Å²) in [5.41, 5.74) is 9.59. The van der Waals surface area contributed by atoms with Crippen LogP contribution >= 0.6 is 0 Å². The molecule has 0 aliphatic carbocycles. The lowest BCUT2D eigenvalue weighted by atomic mass is 10.1. The van der Waals surface area contributed by atoms with Crippen molar-refractivity contribution in [2.75, 3.05) is 13.7 Å². The van der Waals surface area contributed by atoms with Crippen molar-refractivity contribution in [2.45, 2.75) is 31.3 Å². The van der Waals surface area contributed by atoms with E-state index in [1.54, 1.807) is 0 Å². The number of esters is 1. The maximum atomic E-state index is 12.4. The van der Waals surface area contributed by atoms with Crippen molar-refractivity contribution in [3.63, 3.8) is 0 Å². The van der Waals surface area contributed by atoms with Gasteiger partial charge < -0.3 is 9.64 Å². The number of benzene rings is 1. The molecule has 116 valence electrons. The van der Waals surface area contributed by atoms with Crippen molar-refractivity contribution < 1.29 is 14.3 Å². The van der Waals surface area contributed by atoms with Crippen molar-refractivity contribution in [3.05, 3.63) is 46.3 Å². The Balaban J connectivity index is 2.02. The van der Waals surface area contributed by atoms with E-state index in [4.69, 9.17) is 10.3 Å². The molecule has 1 aromatic carbocycles. The summed E-state index contributed by atoms with van der Waals surface area (Å²) in [5.74, 6) is -0.599. The van der Waals surface area contributed by atoms with Crippen LogP contribution in [0, 0.1) is 0 Å². The molecule has 0 N–H and O–H groups in total. The van der Waals surface area contributed by atoms with Crippen LogP contribution in [-0.4, -0.2) is 42.5 Å². The highest BCUT2D eigenvalue weighted by Crippen LogP contribution is 2.23. The zero-order valence-corrected chi connectivity index (χ0v) is 12.4. The summed E-state index contributed by atoms with van der Waals surface area (Å²) < 4.78 is 4.74.